The van der Waals surface area contributed by atoms with Gasteiger partial charge in [-0.1, -0.05) is 26.7 Å². The maximum Gasteiger partial charge on any atom is 0.126 e. The number of ether oxygens (including phenoxy) is 1. The fourth-order valence-corrected chi connectivity index (χ4v) is 2.95. The van der Waals surface area contributed by atoms with Crippen molar-refractivity contribution in [3.63, 3.8) is 0 Å². The third-order valence-corrected chi connectivity index (χ3v) is 3.63. The first-order valence-electron chi connectivity index (χ1n) is 6.77. The molecule has 100 valence electrons. The Morgan fingerprint density at radius 3 is 2.61 bits per heavy atom. The predicted octanol–water partition coefficient (Wildman–Crippen LogP) is 3.98. The van der Waals surface area contributed by atoms with Crippen LogP contribution < -0.4 is 4.74 Å². The first-order valence-corrected chi connectivity index (χ1v) is 6.77. The van der Waals surface area contributed by atoms with Crippen LogP contribution in [0.4, 0.5) is 4.39 Å². The van der Waals surface area contributed by atoms with Crippen molar-refractivity contribution >= 4 is 0 Å². The third kappa shape index (κ3) is 2.51. The second-order valence-electron chi connectivity index (χ2n) is 5.19. The molecule has 0 saturated heterocycles. The highest BCUT2D eigenvalue weighted by molar-refractivity contribution is 5.38. The van der Waals surface area contributed by atoms with Crippen molar-refractivity contribution in [1.29, 1.82) is 0 Å². The second kappa shape index (κ2) is 5.27. The summed E-state index contributed by atoms with van der Waals surface area (Å²) in [6.07, 6.45) is 3.82. The van der Waals surface area contributed by atoms with Crippen LogP contribution in [-0.2, 0) is 0 Å². The van der Waals surface area contributed by atoms with Crippen LogP contribution in [-0.4, -0.2) is 10.7 Å². The van der Waals surface area contributed by atoms with E-state index in [0.29, 0.717) is 17.7 Å². The minimum Gasteiger partial charge on any atom is -0.487 e. The zero-order valence-corrected chi connectivity index (χ0v) is 11.1. The normalized spacial score (nSPS) is 21.2. The quantitative estimate of drug-likeness (QED) is 0.878. The molecule has 1 aliphatic rings. The molecular formula is C15H21FO2. The van der Waals surface area contributed by atoms with Gasteiger partial charge >= 0.3 is 0 Å². The van der Waals surface area contributed by atoms with Gasteiger partial charge in [-0.25, -0.2) is 4.39 Å². The van der Waals surface area contributed by atoms with Crippen molar-refractivity contribution in [2.45, 2.75) is 57.7 Å². The number of halogens is 1. The summed E-state index contributed by atoms with van der Waals surface area (Å²) in [4.78, 5) is 0. The lowest BCUT2D eigenvalue weighted by Crippen LogP contribution is -2.41. The van der Waals surface area contributed by atoms with E-state index in [0.717, 1.165) is 25.7 Å². The Balaban J connectivity index is 2.32. The highest BCUT2D eigenvalue weighted by Crippen LogP contribution is 2.43. The highest BCUT2D eigenvalue weighted by Gasteiger charge is 2.39. The van der Waals surface area contributed by atoms with Gasteiger partial charge in [0.15, 0.2) is 0 Å². The molecule has 1 aromatic rings. The van der Waals surface area contributed by atoms with Gasteiger partial charge < -0.3 is 9.84 Å². The van der Waals surface area contributed by atoms with Crippen molar-refractivity contribution in [1.82, 2.24) is 0 Å². The van der Waals surface area contributed by atoms with Crippen molar-refractivity contribution in [2.75, 3.05) is 0 Å². The molecule has 0 aromatic heterocycles. The zero-order valence-electron chi connectivity index (χ0n) is 11.1. The molecule has 0 saturated carbocycles. The van der Waals surface area contributed by atoms with E-state index >= 15 is 0 Å². The van der Waals surface area contributed by atoms with Crippen molar-refractivity contribution in [3.8, 4) is 5.75 Å². The number of benzene rings is 1. The maximum atomic E-state index is 13.2. The van der Waals surface area contributed by atoms with Crippen LogP contribution in [0.1, 0.15) is 57.6 Å². The van der Waals surface area contributed by atoms with Crippen molar-refractivity contribution in [2.24, 2.45) is 0 Å². The van der Waals surface area contributed by atoms with E-state index in [2.05, 4.69) is 13.8 Å². The minimum absolute atomic E-state index is 0.284. The lowest BCUT2D eigenvalue weighted by atomic mass is 9.82. The van der Waals surface area contributed by atoms with Crippen LogP contribution >= 0.6 is 0 Å². The molecule has 1 atom stereocenters. The molecule has 1 aromatic carbocycles. The first kappa shape index (κ1) is 13.3. The molecule has 2 rings (SSSR count). The molecule has 0 aliphatic carbocycles. The van der Waals surface area contributed by atoms with Crippen LogP contribution in [0.25, 0.3) is 0 Å². The Labute approximate surface area is 108 Å². The summed E-state index contributed by atoms with van der Waals surface area (Å²) in [7, 11) is 0. The molecule has 0 fully saturated rings. The first-order chi connectivity index (χ1) is 8.60. The maximum absolute atomic E-state index is 13.2. The molecule has 0 spiro atoms. The fraction of sp³-hybridized carbons (Fsp3) is 0.600. The fourth-order valence-electron chi connectivity index (χ4n) is 2.95. The molecule has 0 radical (unpaired) electrons. The largest absolute Gasteiger partial charge is 0.487 e. The van der Waals surface area contributed by atoms with Gasteiger partial charge in [-0.05, 0) is 31.0 Å². The lowest BCUT2D eigenvalue weighted by Gasteiger charge is -2.41. The van der Waals surface area contributed by atoms with E-state index in [4.69, 9.17) is 4.74 Å². The van der Waals surface area contributed by atoms with Gasteiger partial charge in [-0.3, -0.25) is 0 Å². The van der Waals surface area contributed by atoms with E-state index in [1.54, 1.807) is 6.07 Å². The number of hydrogen-bond acceptors (Lipinski definition) is 2. The van der Waals surface area contributed by atoms with E-state index in [1.807, 2.05) is 0 Å². The van der Waals surface area contributed by atoms with E-state index < -0.39 is 6.10 Å². The average Bonchev–Trinajstić information content (AvgIpc) is 2.31. The number of rotatable bonds is 4. The lowest BCUT2D eigenvalue weighted by molar-refractivity contribution is -0.0270. The van der Waals surface area contributed by atoms with Gasteiger partial charge in [0.2, 0.25) is 0 Å². The zero-order chi connectivity index (χ0) is 13.2. The Kier molecular flexibility index (Phi) is 3.91. The molecule has 1 aliphatic heterocycles. The third-order valence-electron chi connectivity index (χ3n) is 3.63. The predicted molar refractivity (Wildman–Crippen MR) is 69.2 cm³/mol. The van der Waals surface area contributed by atoms with Gasteiger partial charge in [0.05, 0.1) is 6.10 Å². The molecule has 0 bridgehead atoms. The SMILES string of the molecule is CCCC1(CCC)C[C@H](O)c2cc(F)ccc2O1. The summed E-state index contributed by atoms with van der Waals surface area (Å²) in [6.45, 7) is 4.24. The van der Waals surface area contributed by atoms with Crippen LogP contribution in [0, 0.1) is 5.82 Å². The summed E-state index contributed by atoms with van der Waals surface area (Å²) in [5.41, 5.74) is 0.297. The summed E-state index contributed by atoms with van der Waals surface area (Å²) < 4.78 is 19.3. The van der Waals surface area contributed by atoms with Gasteiger partial charge in [0, 0.05) is 12.0 Å². The second-order valence-corrected chi connectivity index (χ2v) is 5.19. The van der Waals surface area contributed by atoms with Crippen LogP contribution in [0.5, 0.6) is 5.75 Å². The van der Waals surface area contributed by atoms with E-state index in [9.17, 15) is 9.50 Å². The molecule has 0 amide bonds. The molecule has 0 unspecified atom stereocenters. The van der Waals surface area contributed by atoms with E-state index in [1.165, 1.54) is 12.1 Å². The van der Waals surface area contributed by atoms with Gasteiger partial charge in [-0.15, -0.1) is 0 Å². The van der Waals surface area contributed by atoms with E-state index in [-0.39, 0.29) is 11.4 Å². The number of fused-ring (bicyclic) bond motifs is 1. The Bertz CT molecular complexity index is 411. The molecule has 1 N–H and O–H groups in total. The molecule has 2 nitrogen and oxygen atoms in total. The summed E-state index contributed by atoms with van der Waals surface area (Å²) in [5, 5.41) is 10.2. The molecule has 18 heavy (non-hydrogen) atoms. The number of aliphatic hydroxyl groups excluding tert-OH is 1. The van der Waals surface area contributed by atoms with Gasteiger partial charge in [-0.2, -0.15) is 0 Å². The number of aliphatic hydroxyl groups is 1. The molecular weight excluding hydrogens is 231 g/mol. The van der Waals surface area contributed by atoms with Gasteiger partial charge in [0.1, 0.15) is 17.2 Å². The summed E-state index contributed by atoms with van der Waals surface area (Å²) >= 11 is 0. The average molecular weight is 252 g/mol. The Morgan fingerprint density at radius 2 is 2.00 bits per heavy atom. The smallest absolute Gasteiger partial charge is 0.126 e. The summed E-state index contributed by atoms with van der Waals surface area (Å²) in [5.74, 6) is 0.312. The number of hydrogen-bond donors (Lipinski definition) is 1. The monoisotopic (exact) mass is 252 g/mol. The van der Waals surface area contributed by atoms with Crippen molar-refractivity contribution < 1.29 is 14.2 Å². The Morgan fingerprint density at radius 1 is 1.33 bits per heavy atom. The molecule has 1 heterocycles. The van der Waals surface area contributed by atoms with Crippen LogP contribution in [0.3, 0.4) is 0 Å². The molecule has 3 heteroatoms. The van der Waals surface area contributed by atoms with Crippen LogP contribution in [0.2, 0.25) is 0 Å². The standard InChI is InChI=1S/C15H21FO2/c1-3-7-15(8-4-2)10-13(17)12-9-11(16)5-6-14(12)18-15/h5-6,9,13,17H,3-4,7-8,10H2,1-2H3/t13-/m0/s1. The Hall–Kier alpha value is -1.09. The minimum atomic E-state index is -0.623. The summed E-state index contributed by atoms with van der Waals surface area (Å²) in [6, 6.07) is 4.40. The topological polar surface area (TPSA) is 29.5 Å². The van der Waals surface area contributed by atoms with Gasteiger partial charge in [0.25, 0.3) is 0 Å². The van der Waals surface area contributed by atoms with Crippen LogP contribution in [0.15, 0.2) is 18.2 Å². The highest BCUT2D eigenvalue weighted by atomic mass is 19.1. The van der Waals surface area contributed by atoms with Crippen molar-refractivity contribution in [3.05, 3.63) is 29.6 Å².